The monoisotopic (exact) mass is 443 g/mol. The van der Waals surface area contributed by atoms with Crippen molar-refractivity contribution in [1.29, 1.82) is 0 Å². The Morgan fingerprint density at radius 1 is 1.03 bits per heavy atom. The number of fused-ring (bicyclic) bond motifs is 1. The van der Waals surface area contributed by atoms with E-state index in [2.05, 4.69) is 34.7 Å². The molecular weight excluding hydrogens is 410 g/mol. The number of hydrogen-bond acceptors (Lipinski definition) is 5. The summed E-state index contributed by atoms with van der Waals surface area (Å²) in [4.78, 5) is 22.9. The SMILES string of the molecule is CN1CCC(Nc2ccc(C(=O)N(c3ccc4ccccc4n3)[C@@H]3CCCNC3)cc2)CC1. The number of carbonyl (C=O) groups excluding carboxylic acids is 1. The minimum absolute atomic E-state index is 0.0114. The van der Waals surface area contributed by atoms with E-state index >= 15 is 0 Å². The van der Waals surface area contributed by atoms with Crippen LogP contribution in [0.2, 0.25) is 0 Å². The van der Waals surface area contributed by atoms with Gasteiger partial charge in [-0.15, -0.1) is 0 Å². The van der Waals surface area contributed by atoms with E-state index < -0.39 is 0 Å². The van der Waals surface area contributed by atoms with Gasteiger partial charge in [0, 0.05) is 29.2 Å². The molecule has 1 amide bonds. The van der Waals surface area contributed by atoms with Crippen LogP contribution >= 0.6 is 0 Å². The topological polar surface area (TPSA) is 60.5 Å². The predicted molar refractivity (Wildman–Crippen MR) is 135 cm³/mol. The quantitative estimate of drug-likeness (QED) is 0.621. The molecule has 2 aromatic carbocycles. The zero-order chi connectivity index (χ0) is 22.6. The Hall–Kier alpha value is -2.96. The molecule has 6 heteroatoms. The fraction of sp³-hybridized carbons (Fsp3) is 0.407. The van der Waals surface area contributed by atoms with Gasteiger partial charge in [-0.2, -0.15) is 0 Å². The van der Waals surface area contributed by atoms with Crippen LogP contribution in [0.5, 0.6) is 0 Å². The lowest BCUT2D eigenvalue weighted by molar-refractivity contribution is 0.0971. The van der Waals surface area contributed by atoms with Gasteiger partial charge in [0.2, 0.25) is 0 Å². The van der Waals surface area contributed by atoms with E-state index in [0.717, 1.165) is 74.3 Å². The largest absolute Gasteiger partial charge is 0.382 e. The van der Waals surface area contributed by atoms with Crippen molar-refractivity contribution in [1.82, 2.24) is 15.2 Å². The highest BCUT2D eigenvalue weighted by atomic mass is 16.2. The number of rotatable bonds is 5. The van der Waals surface area contributed by atoms with Gasteiger partial charge in [0.25, 0.3) is 5.91 Å². The van der Waals surface area contributed by atoms with Crippen LogP contribution in [-0.4, -0.2) is 61.1 Å². The van der Waals surface area contributed by atoms with Gasteiger partial charge in [0.05, 0.1) is 11.6 Å². The molecule has 2 saturated heterocycles. The molecule has 1 aromatic heterocycles. The highest BCUT2D eigenvalue weighted by Gasteiger charge is 2.29. The van der Waals surface area contributed by atoms with E-state index in [1.807, 2.05) is 53.4 Å². The molecule has 0 aliphatic carbocycles. The van der Waals surface area contributed by atoms with Crippen molar-refractivity contribution in [2.45, 2.75) is 37.8 Å². The summed E-state index contributed by atoms with van der Waals surface area (Å²) in [5.41, 5.74) is 2.69. The van der Waals surface area contributed by atoms with Crippen LogP contribution in [0.1, 0.15) is 36.0 Å². The highest BCUT2D eigenvalue weighted by Crippen LogP contribution is 2.25. The summed E-state index contributed by atoms with van der Waals surface area (Å²) in [6.45, 7) is 4.03. The van der Waals surface area contributed by atoms with Gasteiger partial charge < -0.3 is 15.5 Å². The van der Waals surface area contributed by atoms with Gasteiger partial charge in [-0.1, -0.05) is 18.2 Å². The van der Waals surface area contributed by atoms with Gasteiger partial charge in [-0.05, 0) is 94.8 Å². The smallest absolute Gasteiger partial charge is 0.259 e. The van der Waals surface area contributed by atoms with Crippen molar-refractivity contribution < 1.29 is 4.79 Å². The Morgan fingerprint density at radius 3 is 2.58 bits per heavy atom. The number of amides is 1. The molecule has 2 aliphatic heterocycles. The molecule has 172 valence electrons. The molecule has 3 aromatic rings. The molecule has 0 saturated carbocycles. The Kier molecular flexibility index (Phi) is 6.55. The van der Waals surface area contributed by atoms with Crippen molar-refractivity contribution in [3.8, 4) is 0 Å². The van der Waals surface area contributed by atoms with Gasteiger partial charge in [0.1, 0.15) is 5.82 Å². The summed E-state index contributed by atoms with van der Waals surface area (Å²) in [6.07, 6.45) is 4.32. The second-order valence-electron chi connectivity index (χ2n) is 9.34. The van der Waals surface area contributed by atoms with Crippen molar-refractivity contribution in [3.05, 3.63) is 66.2 Å². The Morgan fingerprint density at radius 2 is 1.82 bits per heavy atom. The van der Waals surface area contributed by atoms with Crippen LogP contribution in [0.4, 0.5) is 11.5 Å². The summed E-state index contributed by atoms with van der Waals surface area (Å²) in [6, 6.07) is 20.7. The lowest BCUT2D eigenvalue weighted by Crippen LogP contribution is -2.49. The van der Waals surface area contributed by atoms with Crippen molar-refractivity contribution in [2.24, 2.45) is 0 Å². The predicted octanol–water partition coefficient (Wildman–Crippen LogP) is 4.14. The maximum absolute atomic E-state index is 13.8. The molecular formula is C27H33N5O. The van der Waals surface area contributed by atoms with Crippen LogP contribution in [0, 0.1) is 0 Å². The van der Waals surface area contributed by atoms with E-state index in [0.29, 0.717) is 11.6 Å². The first kappa shape index (κ1) is 21.9. The lowest BCUT2D eigenvalue weighted by Gasteiger charge is -2.34. The first-order valence-electron chi connectivity index (χ1n) is 12.1. The third-order valence-electron chi connectivity index (χ3n) is 6.91. The minimum Gasteiger partial charge on any atom is -0.382 e. The number of carbonyl (C=O) groups is 1. The third kappa shape index (κ3) is 5.02. The molecule has 2 N–H and O–H groups in total. The van der Waals surface area contributed by atoms with Crippen LogP contribution < -0.4 is 15.5 Å². The number of piperidine rings is 2. The fourth-order valence-corrected chi connectivity index (χ4v) is 4.94. The number of hydrogen-bond donors (Lipinski definition) is 2. The minimum atomic E-state index is 0.0114. The molecule has 5 rings (SSSR count). The van der Waals surface area contributed by atoms with Crippen LogP contribution in [0.25, 0.3) is 10.9 Å². The zero-order valence-corrected chi connectivity index (χ0v) is 19.3. The standard InChI is InChI=1S/C27H33N5O/c1-31-17-14-23(15-18-31)29-22-11-8-21(9-12-22)27(33)32(24-6-4-16-28-19-24)26-13-10-20-5-2-3-7-25(20)30-26/h2-3,5,7-13,23-24,28-29H,4,6,14-19H2,1H3/t24-/m1/s1. The number of nitrogens with one attached hydrogen (secondary N) is 2. The van der Waals surface area contributed by atoms with Crippen molar-refractivity contribution in [3.63, 3.8) is 0 Å². The van der Waals surface area contributed by atoms with Crippen molar-refractivity contribution in [2.75, 3.05) is 43.4 Å². The van der Waals surface area contributed by atoms with Crippen LogP contribution in [-0.2, 0) is 0 Å². The second kappa shape index (κ2) is 9.89. The van der Waals surface area contributed by atoms with Gasteiger partial charge in [-0.3, -0.25) is 9.69 Å². The van der Waals surface area contributed by atoms with Crippen molar-refractivity contribution >= 4 is 28.3 Å². The Labute approximate surface area is 196 Å². The summed E-state index contributed by atoms with van der Waals surface area (Å²) < 4.78 is 0. The third-order valence-corrected chi connectivity index (χ3v) is 6.91. The average Bonchev–Trinajstić information content (AvgIpc) is 2.86. The summed E-state index contributed by atoms with van der Waals surface area (Å²) in [5.74, 6) is 0.734. The maximum Gasteiger partial charge on any atom is 0.259 e. The van der Waals surface area contributed by atoms with Crippen LogP contribution in [0.15, 0.2) is 60.7 Å². The van der Waals surface area contributed by atoms with E-state index in [4.69, 9.17) is 4.98 Å². The number of aromatic nitrogens is 1. The van der Waals surface area contributed by atoms with Crippen LogP contribution in [0.3, 0.4) is 0 Å². The summed E-state index contributed by atoms with van der Waals surface area (Å²) in [5, 5.41) is 8.17. The van der Waals surface area contributed by atoms with E-state index in [-0.39, 0.29) is 11.9 Å². The molecule has 2 aliphatic rings. The molecule has 2 fully saturated rings. The van der Waals surface area contributed by atoms with Gasteiger partial charge >= 0.3 is 0 Å². The zero-order valence-electron chi connectivity index (χ0n) is 19.3. The lowest BCUT2D eigenvalue weighted by atomic mass is 10.0. The van der Waals surface area contributed by atoms with Gasteiger partial charge in [0.15, 0.2) is 0 Å². The number of para-hydroxylation sites is 1. The molecule has 1 atom stereocenters. The molecule has 6 nitrogen and oxygen atoms in total. The number of benzene rings is 2. The molecule has 0 unspecified atom stereocenters. The molecule has 0 spiro atoms. The van der Waals surface area contributed by atoms with Gasteiger partial charge in [-0.25, -0.2) is 4.98 Å². The van der Waals surface area contributed by atoms with E-state index in [1.54, 1.807) is 0 Å². The first-order valence-corrected chi connectivity index (χ1v) is 12.1. The molecule has 0 bridgehead atoms. The number of anilines is 2. The molecule has 33 heavy (non-hydrogen) atoms. The first-order chi connectivity index (χ1) is 16.2. The summed E-state index contributed by atoms with van der Waals surface area (Å²) >= 11 is 0. The Balaban J connectivity index is 1.38. The highest BCUT2D eigenvalue weighted by molar-refractivity contribution is 6.06. The molecule has 0 radical (unpaired) electrons. The fourth-order valence-electron chi connectivity index (χ4n) is 4.94. The average molecular weight is 444 g/mol. The Bertz CT molecular complexity index is 1090. The number of nitrogens with zero attached hydrogens (tertiary/aromatic N) is 3. The molecule has 3 heterocycles. The summed E-state index contributed by atoms with van der Waals surface area (Å²) in [7, 11) is 2.18. The maximum atomic E-state index is 13.8. The normalized spacial score (nSPS) is 20.0. The number of likely N-dealkylation sites (tertiary alicyclic amines) is 1. The second-order valence-corrected chi connectivity index (χ2v) is 9.34. The van der Waals surface area contributed by atoms with E-state index in [9.17, 15) is 4.79 Å². The van der Waals surface area contributed by atoms with E-state index in [1.165, 1.54) is 0 Å². The number of pyridine rings is 1.